The zero-order chi connectivity index (χ0) is 51.4. The third-order valence-electron chi connectivity index (χ3n) is 12.7. The molecule has 0 radical (unpaired) electrons. The molecule has 5 rings (SSSR count). The smallest absolute Gasteiger partial charge is 0.317 e. The molecule has 1 fully saturated rings. The second kappa shape index (κ2) is 32.5. The van der Waals surface area contributed by atoms with Gasteiger partial charge in [0, 0.05) is 103 Å². The number of aromatic nitrogens is 12. The summed E-state index contributed by atoms with van der Waals surface area (Å²) in [4.78, 5) is 0. The second-order valence-electron chi connectivity index (χ2n) is 20.1. The van der Waals surface area contributed by atoms with Gasteiger partial charge >= 0.3 is 34.2 Å². The van der Waals surface area contributed by atoms with E-state index in [4.69, 9.17) is 35.4 Å². The molecular weight excluding hydrogens is 985 g/mol. The van der Waals surface area contributed by atoms with Gasteiger partial charge in [0.15, 0.2) is 0 Å². The van der Waals surface area contributed by atoms with Crippen molar-refractivity contribution in [3.63, 3.8) is 0 Å². The average Bonchev–Trinajstić information content (AvgIpc) is 4.19. The molecule has 72 heavy (non-hydrogen) atoms. The summed E-state index contributed by atoms with van der Waals surface area (Å²) in [6.07, 6.45) is 23.1. The van der Waals surface area contributed by atoms with E-state index in [-0.39, 0.29) is 0 Å². The summed E-state index contributed by atoms with van der Waals surface area (Å²) in [5, 5.41) is 34.6. The van der Waals surface area contributed by atoms with Crippen molar-refractivity contribution in [2.24, 2.45) is 0 Å². The van der Waals surface area contributed by atoms with Crippen LogP contribution in [0.4, 0.5) is 0 Å². The molecule has 0 atom stereocenters. The van der Waals surface area contributed by atoms with E-state index in [1.165, 1.54) is 0 Å². The van der Waals surface area contributed by atoms with Crippen LogP contribution in [-0.2, 0) is 87.3 Å². The van der Waals surface area contributed by atoms with Crippen LogP contribution in [0, 0.1) is 0 Å². The van der Waals surface area contributed by atoms with E-state index in [0.29, 0.717) is 52.9 Å². The molecule has 1 saturated heterocycles. The Morgan fingerprint density at radius 2 is 0.569 bits per heavy atom. The fourth-order valence-corrected chi connectivity index (χ4v) is 32.1. The van der Waals surface area contributed by atoms with Gasteiger partial charge < -0.3 is 35.4 Å². The lowest BCUT2D eigenvalue weighted by molar-refractivity contribution is 0.129. The normalized spacial score (nSPS) is 21.7. The maximum absolute atomic E-state index is 7.50. The van der Waals surface area contributed by atoms with Gasteiger partial charge in [0.25, 0.3) is 0 Å². The van der Waals surface area contributed by atoms with Gasteiger partial charge in [0.2, 0.25) is 0 Å². The van der Waals surface area contributed by atoms with E-state index in [1.807, 2.05) is 43.5 Å². The Hall–Kier alpha value is -2.89. The molecule has 408 valence electrons. The molecule has 0 aromatic carbocycles. The number of hydrogen-bond donors (Lipinski definition) is 0. The summed E-state index contributed by atoms with van der Waals surface area (Å²) in [6, 6.07) is 3.06. The lowest BCUT2D eigenvalue weighted by Crippen LogP contribution is -2.67. The van der Waals surface area contributed by atoms with Crippen LogP contribution in [0.2, 0.25) is 50.4 Å². The zero-order valence-electron chi connectivity index (χ0n) is 45.6. The molecule has 1 aliphatic rings. The predicted molar refractivity (Wildman–Crippen MR) is 286 cm³/mol. The second-order valence-corrected chi connectivity index (χ2v) is 34.4. The molecule has 0 unspecified atom stereocenters. The van der Waals surface area contributed by atoms with Crippen LogP contribution in [0.5, 0.6) is 0 Å². The zero-order valence-corrected chi connectivity index (χ0v) is 49.6. The molecule has 0 amide bonds. The first kappa shape index (κ1) is 60.0. The Morgan fingerprint density at radius 3 is 0.778 bits per heavy atom. The number of ether oxygens (including phenoxy) is 4. The van der Waals surface area contributed by atoms with E-state index >= 15 is 0 Å². The average molecular weight is 1080 g/mol. The molecule has 0 saturated carbocycles. The molecule has 0 bridgehead atoms. The molecule has 0 aliphatic carbocycles. The van der Waals surface area contributed by atoms with Gasteiger partial charge in [-0.25, -0.2) is 0 Å². The largest absolute Gasteiger partial charge is 0.416 e. The summed E-state index contributed by atoms with van der Waals surface area (Å²) < 4.78 is 62.5. The van der Waals surface area contributed by atoms with Crippen molar-refractivity contribution >= 4 is 34.2 Å². The van der Waals surface area contributed by atoms with Gasteiger partial charge in [-0.2, -0.15) is 0 Å². The number of aryl methyl sites for hydroxylation is 4. The van der Waals surface area contributed by atoms with Crippen molar-refractivity contribution in [1.82, 2.24) is 60.0 Å². The van der Waals surface area contributed by atoms with Crippen LogP contribution in [0.1, 0.15) is 128 Å². The topological polar surface area (TPSA) is 197 Å². The first-order chi connectivity index (χ1) is 34.9. The molecule has 24 heteroatoms. The fraction of sp³-hybridized carbons (Fsp3) is 0.833. The molecule has 4 aromatic heterocycles. The van der Waals surface area contributed by atoms with Crippen molar-refractivity contribution in [3.8, 4) is 0 Å². The highest BCUT2D eigenvalue weighted by Crippen LogP contribution is 2.39. The van der Waals surface area contributed by atoms with E-state index in [9.17, 15) is 0 Å². The van der Waals surface area contributed by atoms with E-state index in [2.05, 4.69) is 95.1 Å². The molecule has 4 aromatic rings. The number of nitrogens with zero attached hydrogens (tertiary/aromatic N) is 12. The lowest BCUT2D eigenvalue weighted by atomic mass is 10.3. The molecule has 0 spiro atoms. The molecule has 5 heterocycles. The van der Waals surface area contributed by atoms with E-state index in [1.54, 1.807) is 0 Å². The maximum atomic E-state index is 7.50. The molecular formula is C48H92N12O8Si4. The highest BCUT2D eigenvalue weighted by Gasteiger charge is 2.56. The quantitative estimate of drug-likeness (QED) is 0.0303. The first-order valence-electron chi connectivity index (χ1n) is 27.5. The van der Waals surface area contributed by atoms with Crippen molar-refractivity contribution < 1.29 is 35.4 Å². The standard InChI is InChI=1S/C48H92N12O8Si4/c1-9-13-25-57-41-45(49-53-57)21-33-61-29-17-37-69(5)65-70(6,38-18-30-62-34-22-46-42-58(54-50-46)26-14-10-2)67-72(8,40-20-32-64-36-24-48-44-60(56-52-48)28-16-12-4)68-71(7,66-69)39-19-31-63-35-23-47-43-59(55-51-47)27-15-11-3/h41-44H,9-40H2,1-8H3. The maximum Gasteiger partial charge on any atom is 0.317 e. The van der Waals surface area contributed by atoms with Crippen LogP contribution >= 0.6 is 0 Å². The first-order valence-corrected chi connectivity index (χ1v) is 37.6. The molecule has 1 aliphatic heterocycles. The summed E-state index contributed by atoms with van der Waals surface area (Å²) >= 11 is 0. The summed E-state index contributed by atoms with van der Waals surface area (Å²) in [7, 11) is -11.6. The Labute approximate surface area is 435 Å². The minimum atomic E-state index is -2.89. The minimum Gasteiger partial charge on any atom is -0.416 e. The third-order valence-corrected chi connectivity index (χ3v) is 31.6. The number of rotatable bonds is 40. The van der Waals surface area contributed by atoms with E-state index < -0.39 is 34.2 Å². The van der Waals surface area contributed by atoms with Gasteiger partial charge in [-0.15, -0.1) is 20.4 Å². The summed E-state index contributed by atoms with van der Waals surface area (Å²) in [5.74, 6) is 0. The van der Waals surface area contributed by atoms with Gasteiger partial charge in [0.05, 0.1) is 49.2 Å². The summed E-state index contributed by atoms with van der Waals surface area (Å²) in [5.41, 5.74) is 3.82. The Balaban J connectivity index is 1.22. The minimum absolute atomic E-state index is 0.584. The van der Waals surface area contributed by atoms with Crippen molar-refractivity contribution in [2.75, 3.05) is 52.9 Å². The van der Waals surface area contributed by atoms with Gasteiger partial charge in [-0.1, -0.05) is 74.2 Å². The third kappa shape index (κ3) is 22.9. The van der Waals surface area contributed by atoms with Crippen LogP contribution < -0.4 is 0 Å². The van der Waals surface area contributed by atoms with Crippen molar-refractivity contribution in [3.05, 3.63) is 47.6 Å². The summed E-state index contributed by atoms with van der Waals surface area (Å²) in [6.45, 7) is 25.9. The SMILES string of the molecule is CCCCn1cc(CCOCCC[Si]2(C)O[Si](C)(CCCOCCc3cn(CCCC)nn3)O[Si](C)(CCCOCCc3cn(CCCC)nn3)O[Si](C)(CCCOCCc3cn(CCCC)nn3)O2)nn1. The Morgan fingerprint density at radius 1 is 0.347 bits per heavy atom. The Kier molecular flexibility index (Phi) is 27.1. The van der Waals surface area contributed by atoms with Gasteiger partial charge in [-0.05, 0) is 102 Å². The Bertz CT molecular complexity index is 1750. The van der Waals surface area contributed by atoms with Crippen LogP contribution in [0.25, 0.3) is 0 Å². The van der Waals surface area contributed by atoms with Crippen molar-refractivity contribution in [1.29, 1.82) is 0 Å². The van der Waals surface area contributed by atoms with Gasteiger partial charge in [-0.3, -0.25) is 18.7 Å². The van der Waals surface area contributed by atoms with Gasteiger partial charge in [0.1, 0.15) is 0 Å². The lowest BCUT2D eigenvalue weighted by Gasteiger charge is -2.50. The molecule has 20 nitrogen and oxygen atoms in total. The van der Waals surface area contributed by atoms with Crippen LogP contribution in [0.15, 0.2) is 24.8 Å². The number of hydrogen-bond acceptors (Lipinski definition) is 16. The fourth-order valence-electron chi connectivity index (χ4n) is 8.94. The van der Waals surface area contributed by atoms with Crippen LogP contribution in [0.3, 0.4) is 0 Å². The predicted octanol–water partition coefficient (Wildman–Crippen LogP) is 8.52. The van der Waals surface area contributed by atoms with Crippen molar-refractivity contribution in [2.45, 2.75) is 207 Å². The monoisotopic (exact) mass is 1080 g/mol. The highest BCUT2D eigenvalue weighted by molar-refractivity contribution is 6.93. The van der Waals surface area contributed by atoms with E-state index in [0.717, 1.165) is 176 Å². The number of unbranched alkanes of at least 4 members (excludes halogenated alkanes) is 4. The van der Waals surface area contributed by atoms with Crippen LogP contribution in [-0.4, -0.2) is 147 Å². The highest BCUT2D eigenvalue weighted by atomic mass is 28.5. The molecule has 0 N–H and O–H groups in total.